The normalized spacial score (nSPS) is 22.7. The summed E-state index contributed by atoms with van der Waals surface area (Å²) < 4.78 is 21.3. The van der Waals surface area contributed by atoms with E-state index in [2.05, 4.69) is 4.98 Å². The lowest BCUT2D eigenvalue weighted by Crippen LogP contribution is -2.54. The van der Waals surface area contributed by atoms with Crippen LogP contribution >= 0.6 is 0 Å². The molecule has 2 aromatic heterocycles. The van der Waals surface area contributed by atoms with Crippen molar-refractivity contribution in [1.29, 1.82) is 0 Å². The summed E-state index contributed by atoms with van der Waals surface area (Å²) >= 11 is 0. The zero-order valence-electron chi connectivity index (χ0n) is 28.6. The van der Waals surface area contributed by atoms with Gasteiger partial charge in [0.1, 0.15) is 5.69 Å². The van der Waals surface area contributed by atoms with Crippen molar-refractivity contribution in [3.63, 3.8) is 0 Å². The number of para-hydroxylation sites is 1. The Hall–Kier alpha value is -5.66. The zero-order chi connectivity index (χ0) is 35.8. The molecule has 4 aromatic rings. The van der Waals surface area contributed by atoms with E-state index in [1.54, 1.807) is 51.2 Å². The summed E-state index contributed by atoms with van der Waals surface area (Å²) in [6, 6.07) is 7.54. The predicted molar refractivity (Wildman–Crippen MR) is 181 cm³/mol. The Morgan fingerprint density at radius 3 is 2.38 bits per heavy atom. The van der Waals surface area contributed by atoms with Crippen molar-refractivity contribution in [2.45, 2.75) is 51.7 Å². The van der Waals surface area contributed by atoms with Crippen molar-refractivity contribution in [1.82, 2.24) is 23.5 Å². The average Bonchev–Trinajstić information content (AvgIpc) is 3.35. The molecule has 50 heavy (non-hydrogen) atoms. The molecule has 1 saturated carbocycles. The number of carbonyl (C=O) groups excluding carboxylic acids is 2. The molecule has 260 valence electrons. The lowest BCUT2D eigenvalue weighted by molar-refractivity contribution is -0.139. The molecule has 0 amide bonds. The van der Waals surface area contributed by atoms with Gasteiger partial charge in [-0.3, -0.25) is 14.4 Å². The van der Waals surface area contributed by atoms with E-state index in [0.29, 0.717) is 39.2 Å². The standard InChI is InChI=1S/C36H37N5O9/c1-18-14-26(42)21-15-24-19(30(36(21,2)32(18)44)20-8-7-9-27(48-4)31(20)43)10-13-40-34(46)39(35(47)41(24)40)12-11-22-33(45)38(3)25-17-29(50-6)28(49-5)16-23(25)37-22/h7-10,14,16-17,21,24,30,43H,11-13,15H2,1-6H3/t21-,24+,30+,36+/m0/s1. The number of aromatic hydroxyl groups is 1. The second kappa shape index (κ2) is 11.7. The van der Waals surface area contributed by atoms with Crippen molar-refractivity contribution in [3.8, 4) is 23.0 Å². The van der Waals surface area contributed by atoms with E-state index in [9.17, 15) is 29.1 Å². The highest BCUT2D eigenvalue weighted by Gasteiger charge is 2.60. The van der Waals surface area contributed by atoms with Gasteiger partial charge in [0.05, 0.1) is 50.4 Å². The van der Waals surface area contributed by atoms with Crippen LogP contribution in [0.25, 0.3) is 11.0 Å². The van der Waals surface area contributed by atoms with Gasteiger partial charge in [0.25, 0.3) is 5.56 Å². The predicted octanol–water partition coefficient (Wildman–Crippen LogP) is 2.42. The minimum absolute atomic E-state index is 0.0147. The van der Waals surface area contributed by atoms with Crippen LogP contribution in [0.1, 0.15) is 43.5 Å². The van der Waals surface area contributed by atoms with E-state index < -0.39 is 34.7 Å². The number of aryl methyl sites for hydroxylation is 2. The molecule has 4 atom stereocenters. The van der Waals surface area contributed by atoms with Crippen LogP contribution in [-0.2, 0) is 36.1 Å². The molecule has 0 saturated heterocycles. The van der Waals surface area contributed by atoms with Crippen molar-refractivity contribution >= 4 is 22.6 Å². The van der Waals surface area contributed by atoms with Gasteiger partial charge in [0.15, 0.2) is 34.6 Å². The molecular formula is C36H37N5O9. The number of hydrogen-bond acceptors (Lipinski definition) is 10. The van der Waals surface area contributed by atoms with Gasteiger partial charge in [0, 0.05) is 49.5 Å². The van der Waals surface area contributed by atoms with Crippen LogP contribution in [0.2, 0.25) is 0 Å². The Labute approximate surface area is 285 Å². The Morgan fingerprint density at radius 2 is 1.68 bits per heavy atom. The fourth-order valence-electron chi connectivity index (χ4n) is 8.27. The van der Waals surface area contributed by atoms with Gasteiger partial charge < -0.3 is 23.9 Å². The van der Waals surface area contributed by atoms with Crippen LogP contribution < -0.4 is 31.1 Å². The van der Waals surface area contributed by atoms with Crippen molar-refractivity contribution in [3.05, 3.63) is 96.2 Å². The van der Waals surface area contributed by atoms with Gasteiger partial charge in [0.2, 0.25) is 0 Å². The third kappa shape index (κ3) is 4.53. The third-order valence-electron chi connectivity index (χ3n) is 10.8. The number of allylic oxidation sites excluding steroid dienone is 4. The Bertz CT molecular complexity index is 2380. The van der Waals surface area contributed by atoms with Crippen molar-refractivity contribution in [2.24, 2.45) is 18.4 Å². The van der Waals surface area contributed by atoms with E-state index in [1.165, 1.54) is 41.3 Å². The number of ketones is 2. The molecule has 0 radical (unpaired) electrons. The summed E-state index contributed by atoms with van der Waals surface area (Å²) in [6.45, 7) is 3.24. The molecule has 0 bridgehead atoms. The number of methoxy groups -OCH3 is 3. The second-order valence-electron chi connectivity index (χ2n) is 13.2. The molecule has 0 unspecified atom stereocenters. The highest BCUT2D eigenvalue weighted by Crippen LogP contribution is 2.61. The van der Waals surface area contributed by atoms with Gasteiger partial charge in [-0.15, -0.1) is 0 Å². The summed E-state index contributed by atoms with van der Waals surface area (Å²) in [6.07, 6.45) is 3.24. The number of benzene rings is 2. The number of rotatable bonds is 7. The summed E-state index contributed by atoms with van der Waals surface area (Å²) in [5.74, 6) is -1.21. The minimum atomic E-state index is -1.27. The molecule has 3 aliphatic rings. The number of phenolic OH excluding ortho intramolecular Hbond substituents is 1. The quantitative estimate of drug-likeness (QED) is 0.286. The van der Waals surface area contributed by atoms with Gasteiger partial charge in [-0.1, -0.05) is 25.1 Å². The van der Waals surface area contributed by atoms with Crippen LogP contribution in [0.15, 0.2) is 68.0 Å². The number of phenols is 1. The van der Waals surface area contributed by atoms with Gasteiger partial charge >= 0.3 is 11.4 Å². The largest absolute Gasteiger partial charge is 0.504 e. The Balaban J connectivity index is 1.31. The van der Waals surface area contributed by atoms with Crippen LogP contribution in [-0.4, -0.2) is 61.5 Å². The molecular weight excluding hydrogens is 646 g/mol. The summed E-state index contributed by atoms with van der Waals surface area (Å²) in [5.41, 5.74) is -0.346. The molecule has 0 spiro atoms. The molecule has 2 aliphatic carbocycles. The van der Waals surface area contributed by atoms with Gasteiger partial charge in [-0.05, 0) is 36.6 Å². The number of hydrogen-bond donors (Lipinski definition) is 1. The number of Topliss-reactive ketones (excluding diaryl/α,β-unsaturated/α-hetero) is 1. The van der Waals surface area contributed by atoms with E-state index >= 15 is 0 Å². The third-order valence-corrected chi connectivity index (χ3v) is 10.8. The molecule has 14 nitrogen and oxygen atoms in total. The van der Waals surface area contributed by atoms with E-state index in [1.807, 2.05) is 6.08 Å². The summed E-state index contributed by atoms with van der Waals surface area (Å²) in [7, 11) is 6.02. The zero-order valence-corrected chi connectivity index (χ0v) is 28.6. The number of ether oxygens (including phenoxy) is 3. The molecule has 1 aliphatic heterocycles. The maximum atomic E-state index is 14.2. The molecule has 7 rings (SSSR count). The first-order chi connectivity index (χ1) is 23.9. The minimum Gasteiger partial charge on any atom is -0.504 e. The first-order valence-electron chi connectivity index (χ1n) is 16.2. The SMILES string of the molecule is COc1cc2nc(CCn3c(=O)n4n(c3=O)[C@@H]3C[C@H]5C(=O)C=C(C)C(=O)[C@@]5(C)[C@@H](c5cccc(OC)c5O)C3=CC4)c(=O)n(C)c2cc1OC. The maximum Gasteiger partial charge on any atom is 0.347 e. The average molecular weight is 684 g/mol. The Kier molecular flexibility index (Phi) is 7.72. The first-order valence-corrected chi connectivity index (χ1v) is 16.2. The number of aromatic nitrogens is 5. The van der Waals surface area contributed by atoms with Crippen molar-refractivity contribution in [2.75, 3.05) is 21.3 Å². The molecule has 1 N–H and O–H groups in total. The number of fused-ring (bicyclic) bond motifs is 5. The lowest BCUT2D eigenvalue weighted by atomic mass is 9.51. The molecule has 1 fully saturated rings. The van der Waals surface area contributed by atoms with E-state index in [0.717, 1.165) is 4.57 Å². The molecule has 14 heteroatoms. The number of carbonyl (C=O) groups is 2. The van der Waals surface area contributed by atoms with Gasteiger partial charge in [-0.25, -0.2) is 28.5 Å². The molecule has 3 heterocycles. The first kappa shape index (κ1) is 32.9. The Morgan fingerprint density at radius 1 is 0.980 bits per heavy atom. The van der Waals surface area contributed by atoms with Crippen molar-refractivity contribution < 1.29 is 28.9 Å². The van der Waals surface area contributed by atoms with E-state index in [4.69, 9.17) is 14.2 Å². The topological polar surface area (TPSA) is 166 Å². The summed E-state index contributed by atoms with van der Waals surface area (Å²) in [5, 5.41) is 11.4. The van der Waals surface area contributed by atoms with E-state index in [-0.39, 0.29) is 60.2 Å². The highest BCUT2D eigenvalue weighted by molar-refractivity contribution is 6.13. The monoisotopic (exact) mass is 683 g/mol. The summed E-state index contributed by atoms with van der Waals surface area (Å²) in [4.78, 5) is 73.6. The highest BCUT2D eigenvalue weighted by atomic mass is 16.5. The smallest absolute Gasteiger partial charge is 0.347 e. The van der Waals surface area contributed by atoms with Crippen LogP contribution in [0.4, 0.5) is 0 Å². The van der Waals surface area contributed by atoms with Crippen LogP contribution in [0.5, 0.6) is 23.0 Å². The van der Waals surface area contributed by atoms with Crippen LogP contribution in [0, 0.1) is 11.3 Å². The second-order valence-corrected chi connectivity index (χ2v) is 13.2. The van der Waals surface area contributed by atoms with Crippen LogP contribution in [0.3, 0.4) is 0 Å². The lowest BCUT2D eigenvalue weighted by Gasteiger charge is -2.52. The maximum absolute atomic E-state index is 14.2. The number of nitrogens with zero attached hydrogens (tertiary/aromatic N) is 5. The fraction of sp³-hybridized carbons (Fsp3) is 0.389. The molecule has 2 aromatic carbocycles. The van der Waals surface area contributed by atoms with Gasteiger partial charge in [-0.2, -0.15) is 0 Å². The fourth-order valence-corrected chi connectivity index (χ4v) is 8.27.